The topological polar surface area (TPSA) is 89.3 Å². The highest BCUT2D eigenvalue weighted by Crippen LogP contribution is 2.34. The number of ketones is 1. The van der Waals surface area contributed by atoms with Crippen LogP contribution >= 0.6 is 0 Å². The molecular weight excluding hydrogens is 462 g/mol. The standard InChI is InChI=1S/C27H29N3O4S/c1-19(31)20-12-14-23(15-13-20)35(33,34)29-17-16-25-24(18-29)26(21-8-4-2-5-9-21)28-30(25)27(32)22-10-6-3-7-11-22/h2,4-5,8-9,12-15,22H,3,6-7,10-11,16-18H2,1H3. The average Bonchev–Trinajstić information content (AvgIpc) is 3.28. The summed E-state index contributed by atoms with van der Waals surface area (Å²) >= 11 is 0. The Labute approximate surface area is 205 Å². The minimum Gasteiger partial charge on any atom is -0.295 e. The Morgan fingerprint density at radius 1 is 0.943 bits per heavy atom. The Hall–Kier alpha value is -3.10. The van der Waals surface area contributed by atoms with Crippen molar-refractivity contribution in [2.45, 2.75) is 56.9 Å². The molecule has 0 spiro atoms. The van der Waals surface area contributed by atoms with Crippen LogP contribution in [-0.2, 0) is 23.0 Å². The second kappa shape index (κ2) is 9.51. The van der Waals surface area contributed by atoms with Crippen molar-refractivity contribution >= 4 is 21.7 Å². The second-order valence-corrected chi connectivity index (χ2v) is 11.3. The highest BCUT2D eigenvalue weighted by Gasteiger charge is 2.35. The fourth-order valence-electron chi connectivity index (χ4n) is 5.14. The molecule has 0 N–H and O–H groups in total. The number of hydrogen-bond acceptors (Lipinski definition) is 5. The van der Waals surface area contributed by atoms with E-state index in [0.717, 1.165) is 48.9 Å². The van der Waals surface area contributed by atoms with Gasteiger partial charge < -0.3 is 0 Å². The third-order valence-corrected chi connectivity index (χ3v) is 8.99. The Bertz CT molecular complexity index is 1360. The van der Waals surface area contributed by atoms with Gasteiger partial charge in [-0.3, -0.25) is 9.59 Å². The van der Waals surface area contributed by atoms with Gasteiger partial charge in [0.05, 0.1) is 16.3 Å². The van der Waals surface area contributed by atoms with Gasteiger partial charge in [-0.25, -0.2) is 13.1 Å². The van der Waals surface area contributed by atoms with Crippen molar-refractivity contribution in [3.63, 3.8) is 0 Å². The van der Waals surface area contributed by atoms with E-state index >= 15 is 0 Å². The molecule has 2 aliphatic rings. The number of aromatic nitrogens is 2. The zero-order valence-corrected chi connectivity index (χ0v) is 20.6. The molecular formula is C27H29N3O4S. The molecule has 0 bridgehead atoms. The number of Topliss-reactive ketones (excluding diaryl/α,β-unsaturated/α-hetero) is 1. The maximum Gasteiger partial charge on any atom is 0.250 e. The van der Waals surface area contributed by atoms with E-state index in [1.54, 1.807) is 16.8 Å². The molecule has 1 saturated carbocycles. The lowest BCUT2D eigenvalue weighted by Gasteiger charge is -2.28. The van der Waals surface area contributed by atoms with E-state index in [1.165, 1.54) is 23.4 Å². The van der Waals surface area contributed by atoms with Crippen LogP contribution in [0.1, 0.15) is 65.4 Å². The summed E-state index contributed by atoms with van der Waals surface area (Å²) in [6, 6.07) is 15.7. The molecule has 7 nitrogen and oxygen atoms in total. The molecule has 182 valence electrons. The van der Waals surface area contributed by atoms with Crippen LogP contribution in [0, 0.1) is 5.92 Å². The minimum atomic E-state index is -3.78. The summed E-state index contributed by atoms with van der Waals surface area (Å²) in [4.78, 5) is 25.2. The highest BCUT2D eigenvalue weighted by atomic mass is 32.2. The number of carbonyl (C=O) groups is 2. The van der Waals surface area contributed by atoms with Crippen molar-refractivity contribution in [3.8, 4) is 11.3 Å². The molecule has 0 radical (unpaired) electrons. The third-order valence-electron chi connectivity index (χ3n) is 7.13. The molecule has 8 heteroatoms. The highest BCUT2D eigenvalue weighted by molar-refractivity contribution is 7.89. The number of sulfonamides is 1. The molecule has 0 saturated heterocycles. The average molecular weight is 492 g/mol. The van der Waals surface area contributed by atoms with Gasteiger partial charge in [-0.05, 0) is 31.9 Å². The van der Waals surface area contributed by atoms with Crippen LogP contribution in [-0.4, -0.2) is 40.7 Å². The smallest absolute Gasteiger partial charge is 0.250 e. The predicted octanol–water partition coefficient (Wildman–Crippen LogP) is 4.72. The van der Waals surface area contributed by atoms with E-state index in [1.807, 2.05) is 30.3 Å². The molecule has 1 aliphatic carbocycles. The molecule has 2 aromatic carbocycles. The van der Waals surface area contributed by atoms with Crippen LogP contribution in [0.2, 0.25) is 0 Å². The molecule has 3 aromatic rings. The molecule has 0 unspecified atom stereocenters. The van der Waals surface area contributed by atoms with Crippen LogP contribution in [0.3, 0.4) is 0 Å². The Balaban J connectivity index is 1.52. The van der Waals surface area contributed by atoms with Crippen molar-refractivity contribution < 1.29 is 18.0 Å². The van der Waals surface area contributed by atoms with E-state index in [2.05, 4.69) is 0 Å². The predicted molar refractivity (Wildman–Crippen MR) is 133 cm³/mol. The largest absolute Gasteiger partial charge is 0.295 e. The summed E-state index contributed by atoms with van der Waals surface area (Å²) in [5.41, 5.74) is 3.60. The Morgan fingerprint density at radius 2 is 1.63 bits per heavy atom. The summed E-state index contributed by atoms with van der Waals surface area (Å²) < 4.78 is 29.9. The quantitative estimate of drug-likeness (QED) is 0.482. The van der Waals surface area contributed by atoms with E-state index in [4.69, 9.17) is 5.10 Å². The maximum atomic E-state index is 13.5. The van der Waals surface area contributed by atoms with Crippen LogP contribution in [0.4, 0.5) is 0 Å². The number of fused-ring (bicyclic) bond motifs is 1. The van der Waals surface area contributed by atoms with Gasteiger partial charge in [0, 0.05) is 42.1 Å². The summed E-state index contributed by atoms with van der Waals surface area (Å²) in [5.74, 6) is -0.115. The van der Waals surface area contributed by atoms with Gasteiger partial charge in [0.1, 0.15) is 0 Å². The van der Waals surface area contributed by atoms with Crippen molar-refractivity contribution in [1.29, 1.82) is 0 Å². The van der Waals surface area contributed by atoms with Crippen LogP contribution < -0.4 is 0 Å². The Kier molecular flexibility index (Phi) is 6.42. The first-order valence-electron chi connectivity index (χ1n) is 12.2. The monoisotopic (exact) mass is 491 g/mol. The van der Waals surface area contributed by atoms with Crippen LogP contribution in [0.5, 0.6) is 0 Å². The third kappa shape index (κ3) is 4.48. The van der Waals surface area contributed by atoms with Gasteiger partial charge in [-0.15, -0.1) is 0 Å². The van der Waals surface area contributed by atoms with Gasteiger partial charge in [-0.2, -0.15) is 9.40 Å². The number of hydrogen-bond donors (Lipinski definition) is 0. The molecule has 2 heterocycles. The Morgan fingerprint density at radius 3 is 2.29 bits per heavy atom. The molecule has 1 fully saturated rings. The van der Waals surface area contributed by atoms with E-state index in [9.17, 15) is 18.0 Å². The summed E-state index contributed by atoms with van der Waals surface area (Å²) in [6.45, 7) is 1.86. The van der Waals surface area contributed by atoms with E-state index in [0.29, 0.717) is 17.7 Å². The fourth-order valence-corrected chi connectivity index (χ4v) is 6.55. The van der Waals surface area contributed by atoms with Gasteiger partial charge in [0.25, 0.3) is 0 Å². The van der Waals surface area contributed by atoms with Crippen LogP contribution in [0.15, 0.2) is 59.5 Å². The summed E-state index contributed by atoms with van der Waals surface area (Å²) in [5, 5.41) is 4.77. The number of benzene rings is 2. The molecule has 0 atom stereocenters. The van der Waals surface area contributed by atoms with Gasteiger partial charge in [-0.1, -0.05) is 61.7 Å². The first-order valence-corrected chi connectivity index (χ1v) is 13.6. The van der Waals surface area contributed by atoms with Crippen molar-refractivity contribution in [2.24, 2.45) is 5.92 Å². The first kappa shape index (κ1) is 23.6. The van der Waals surface area contributed by atoms with Gasteiger partial charge in [0.2, 0.25) is 15.9 Å². The van der Waals surface area contributed by atoms with E-state index in [-0.39, 0.29) is 35.6 Å². The number of nitrogens with zero attached hydrogens (tertiary/aromatic N) is 3. The normalized spacial score (nSPS) is 17.2. The molecule has 5 rings (SSSR count). The lowest BCUT2D eigenvalue weighted by atomic mass is 9.88. The van der Waals surface area contributed by atoms with Crippen LogP contribution in [0.25, 0.3) is 11.3 Å². The maximum absolute atomic E-state index is 13.5. The second-order valence-electron chi connectivity index (χ2n) is 9.39. The van der Waals surface area contributed by atoms with Crippen molar-refractivity contribution in [1.82, 2.24) is 14.1 Å². The number of rotatable bonds is 5. The molecule has 1 aliphatic heterocycles. The first-order chi connectivity index (χ1) is 16.9. The zero-order chi connectivity index (χ0) is 24.6. The fraction of sp³-hybridized carbons (Fsp3) is 0.370. The molecule has 35 heavy (non-hydrogen) atoms. The lowest BCUT2D eigenvalue weighted by Crippen LogP contribution is -2.37. The molecule has 1 aromatic heterocycles. The SMILES string of the molecule is CC(=O)c1ccc(S(=O)(=O)N2CCc3c(c(-c4ccccc4)nn3C(=O)C3CCCCC3)C2)cc1. The number of carbonyl (C=O) groups excluding carboxylic acids is 2. The van der Waals surface area contributed by atoms with Gasteiger partial charge >= 0.3 is 0 Å². The summed E-state index contributed by atoms with van der Waals surface area (Å²) in [7, 11) is -3.78. The van der Waals surface area contributed by atoms with Crippen molar-refractivity contribution in [3.05, 3.63) is 71.4 Å². The minimum absolute atomic E-state index is 0.0271. The lowest BCUT2D eigenvalue weighted by molar-refractivity contribution is 0.0779. The van der Waals surface area contributed by atoms with Crippen molar-refractivity contribution in [2.75, 3.05) is 6.54 Å². The zero-order valence-electron chi connectivity index (χ0n) is 19.8. The van der Waals surface area contributed by atoms with Gasteiger partial charge in [0.15, 0.2) is 5.78 Å². The van der Waals surface area contributed by atoms with E-state index < -0.39 is 10.0 Å². The summed E-state index contributed by atoms with van der Waals surface area (Å²) in [6.07, 6.45) is 5.45. The molecule has 0 amide bonds.